The monoisotopic (exact) mass is 427 g/mol. The van der Waals surface area contributed by atoms with Crippen molar-refractivity contribution in [3.05, 3.63) is 57.8 Å². The van der Waals surface area contributed by atoms with Crippen LogP contribution in [0.5, 0.6) is 0 Å². The lowest BCUT2D eigenvalue weighted by Crippen LogP contribution is -2.37. The molecule has 1 aliphatic heterocycles. The van der Waals surface area contributed by atoms with Crippen molar-refractivity contribution < 1.29 is 8.78 Å². The summed E-state index contributed by atoms with van der Waals surface area (Å²) < 4.78 is 32.0. The molecule has 3 heterocycles. The fraction of sp³-hybridized carbons (Fsp3) is 0.273. The van der Waals surface area contributed by atoms with Crippen molar-refractivity contribution in [2.24, 2.45) is 0 Å². The first kappa shape index (κ1) is 19.1. The van der Waals surface area contributed by atoms with Crippen LogP contribution in [0.3, 0.4) is 0 Å². The van der Waals surface area contributed by atoms with Gasteiger partial charge in [-0.3, -0.25) is 4.57 Å². The molecule has 2 aromatic heterocycles. The van der Waals surface area contributed by atoms with Crippen LogP contribution in [0.15, 0.2) is 18.3 Å². The zero-order valence-corrected chi connectivity index (χ0v) is 18.0. The van der Waals surface area contributed by atoms with E-state index >= 15 is 4.39 Å². The van der Waals surface area contributed by atoms with Gasteiger partial charge in [-0.2, -0.15) is 0 Å². The maximum absolute atomic E-state index is 15.6. The Morgan fingerprint density at radius 3 is 2.57 bits per heavy atom. The molecule has 0 aliphatic carbocycles. The van der Waals surface area contributed by atoms with E-state index in [1.165, 1.54) is 12.1 Å². The van der Waals surface area contributed by atoms with Crippen molar-refractivity contribution in [2.75, 3.05) is 5.32 Å². The maximum atomic E-state index is 15.6. The predicted octanol–water partition coefficient (Wildman–Crippen LogP) is 5.93. The molecular weight excluding hydrogens is 408 g/mol. The third kappa shape index (κ3) is 2.38. The van der Waals surface area contributed by atoms with E-state index in [0.717, 1.165) is 10.9 Å². The van der Waals surface area contributed by atoms with Gasteiger partial charge in [0.25, 0.3) is 0 Å². The molecule has 0 amide bonds. The molecule has 0 radical (unpaired) electrons. The van der Waals surface area contributed by atoms with E-state index in [1.807, 2.05) is 39.2 Å². The van der Waals surface area contributed by atoms with Gasteiger partial charge in [-0.1, -0.05) is 11.6 Å². The SMILES string of the molecule is Cc1c(-c2cc(F)cc3c(C)c[nH]c23)c(Cl)c(F)c2c1-n1c(C)nnc1C(C)(C)N2. The van der Waals surface area contributed by atoms with E-state index in [-0.39, 0.29) is 10.7 Å². The van der Waals surface area contributed by atoms with Gasteiger partial charge in [0.1, 0.15) is 11.6 Å². The average Bonchev–Trinajstić information content (AvgIpc) is 3.24. The van der Waals surface area contributed by atoms with Crippen molar-refractivity contribution in [1.82, 2.24) is 19.7 Å². The van der Waals surface area contributed by atoms with Crippen LogP contribution in [0, 0.1) is 32.4 Å². The number of rotatable bonds is 1. The zero-order valence-electron chi connectivity index (χ0n) is 17.2. The van der Waals surface area contributed by atoms with E-state index in [9.17, 15) is 4.39 Å². The molecule has 0 unspecified atom stereocenters. The molecule has 0 bridgehead atoms. The Morgan fingerprint density at radius 2 is 1.83 bits per heavy atom. The highest BCUT2D eigenvalue weighted by atomic mass is 35.5. The van der Waals surface area contributed by atoms with Crippen LogP contribution in [0.1, 0.15) is 36.6 Å². The molecule has 5 nitrogen and oxygen atoms in total. The maximum Gasteiger partial charge on any atom is 0.167 e. The number of H-pyrrole nitrogens is 1. The van der Waals surface area contributed by atoms with Gasteiger partial charge < -0.3 is 10.3 Å². The molecular formula is C22H20ClF2N5. The Morgan fingerprint density at radius 1 is 1.10 bits per heavy atom. The van der Waals surface area contributed by atoms with Gasteiger partial charge in [-0.05, 0) is 57.9 Å². The number of benzene rings is 2. The molecule has 2 N–H and O–H groups in total. The minimum absolute atomic E-state index is 0.0529. The second-order valence-electron chi connectivity index (χ2n) is 8.36. The van der Waals surface area contributed by atoms with Crippen LogP contribution in [-0.2, 0) is 5.54 Å². The smallest absolute Gasteiger partial charge is 0.167 e. The van der Waals surface area contributed by atoms with Crippen LogP contribution in [-0.4, -0.2) is 19.7 Å². The van der Waals surface area contributed by atoms with Crippen LogP contribution < -0.4 is 5.32 Å². The third-order valence-electron chi connectivity index (χ3n) is 5.87. The molecule has 4 aromatic rings. The van der Waals surface area contributed by atoms with Crippen LogP contribution in [0.25, 0.3) is 27.7 Å². The fourth-order valence-electron chi connectivity index (χ4n) is 4.44. The zero-order chi connectivity index (χ0) is 21.5. The molecule has 30 heavy (non-hydrogen) atoms. The number of hydrogen-bond acceptors (Lipinski definition) is 3. The number of aromatic nitrogens is 4. The number of aryl methyl sites for hydroxylation is 2. The largest absolute Gasteiger partial charge is 0.369 e. The van der Waals surface area contributed by atoms with E-state index in [4.69, 9.17) is 11.6 Å². The minimum Gasteiger partial charge on any atom is -0.369 e. The fourth-order valence-corrected chi connectivity index (χ4v) is 4.78. The van der Waals surface area contributed by atoms with Gasteiger partial charge >= 0.3 is 0 Å². The summed E-state index contributed by atoms with van der Waals surface area (Å²) in [6.07, 6.45) is 1.80. The summed E-state index contributed by atoms with van der Waals surface area (Å²) in [5.74, 6) is 0.314. The Labute approximate surface area is 177 Å². The Balaban J connectivity index is 1.92. The first-order valence-corrected chi connectivity index (χ1v) is 9.99. The lowest BCUT2D eigenvalue weighted by atomic mass is 9.92. The number of nitrogens with one attached hydrogen (secondary N) is 2. The van der Waals surface area contributed by atoms with Gasteiger partial charge in [0, 0.05) is 22.7 Å². The molecule has 0 spiro atoms. The van der Waals surface area contributed by atoms with Crippen molar-refractivity contribution in [1.29, 1.82) is 0 Å². The average molecular weight is 428 g/mol. The van der Waals surface area contributed by atoms with Gasteiger partial charge in [0.05, 0.1) is 27.5 Å². The summed E-state index contributed by atoms with van der Waals surface area (Å²) in [5, 5.41) is 12.4. The number of hydrogen-bond donors (Lipinski definition) is 2. The van der Waals surface area contributed by atoms with Gasteiger partial charge in [0.15, 0.2) is 11.6 Å². The predicted molar refractivity (Wildman–Crippen MR) is 114 cm³/mol. The Bertz CT molecular complexity index is 1370. The summed E-state index contributed by atoms with van der Waals surface area (Å²) in [6, 6.07) is 2.85. The van der Waals surface area contributed by atoms with E-state index in [1.54, 1.807) is 6.20 Å². The van der Waals surface area contributed by atoms with E-state index < -0.39 is 17.2 Å². The lowest BCUT2D eigenvalue weighted by Gasteiger charge is -2.35. The van der Waals surface area contributed by atoms with Crippen molar-refractivity contribution in [2.45, 2.75) is 40.2 Å². The molecule has 8 heteroatoms. The first-order chi connectivity index (χ1) is 14.1. The minimum atomic E-state index is -0.644. The molecule has 5 rings (SSSR count). The molecule has 2 aromatic carbocycles. The van der Waals surface area contributed by atoms with Crippen LogP contribution in [0.2, 0.25) is 5.02 Å². The van der Waals surface area contributed by atoms with E-state index in [0.29, 0.717) is 39.5 Å². The van der Waals surface area contributed by atoms with Crippen molar-refractivity contribution in [3.8, 4) is 16.8 Å². The molecule has 0 fully saturated rings. The molecule has 0 saturated heterocycles. The highest BCUT2D eigenvalue weighted by Crippen LogP contribution is 2.48. The van der Waals surface area contributed by atoms with Gasteiger partial charge in [-0.15, -0.1) is 10.2 Å². The molecule has 0 atom stereocenters. The van der Waals surface area contributed by atoms with Crippen LogP contribution in [0.4, 0.5) is 14.5 Å². The summed E-state index contributed by atoms with van der Waals surface area (Å²) in [7, 11) is 0. The first-order valence-electron chi connectivity index (χ1n) is 9.62. The molecule has 0 saturated carbocycles. The second-order valence-corrected chi connectivity index (χ2v) is 8.73. The number of halogens is 3. The highest BCUT2D eigenvalue weighted by Gasteiger charge is 2.38. The van der Waals surface area contributed by atoms with E-state index in [2.05, 4.69) is 20.5 Å². The van der Waals surface area contributed by atoms with Gasteiger partial charge in [-0.25, -0.2) is 8.78 Å². The number of fused-ring (bicyclic) bond motifs is 4. The quantitative estimate of drug-likeness (QED) is 0.395. The van der Waals surface area contributed by atoms with Crippen molar-refractivity contribution >= 4 is 28.2 Å². The topological polar surface area (TPSA) is 58.5 Å². The number of aromatic amines is 1. The molecule has 1 aliphatic rings. The standard InChI is InChI=1S/C22H20ClF2N5/c1-9-8-26-18-13(9)6-12(24)7-14(18)15-10(2)20-19(17(25)16(15)23)27-22(4,5)21-29-28-11(3)30(20)21/h6-8,26-27H,1-5H3. The second kappa shape index (κ2) is 6.04. The lowest BCUT2D eigenvalue weighted by molar-refractivity contribution is 0.522. The molecule has 154 valence electrons. The highest BCUT2D eigenvalue weighted by molar-refractivity contribution is 6.34. The Hall–Kier alpha value is -2.93. The van der Waals surface area contributed by atoms with Crippen molar-refractivity contribution in [3.63, 3.8) is 0 Å². The summed E-state index contributed by atoms with van der Waals surface area (Å²) in [6.45, 7) is 9.38. The summed E-state index contributed by atoms with van der Waals surface area (Å²) in [5.41, 5.74) is 3.51. The Kier molecular flexibility index (Phi) is 3.84. The third-order valence-corrected chi connectivity index (χ3v) is 6.23. The summed E-state index contributed by atoms with van der Waals surface area (Å²) >= 11 is 6.57. The van der Waals surface area contributed by atoms with Crippen LogP contribution >= 0.6 is 11.6 Å². The normalized spacial score (nSPS) is 14.5. The summed E-state index contributed by atoms with van der Waals surface area (Å²) in [4.78, 5) is 3.18. The van der Waals surface area contributed by atoms with Gasteiger partial charge in [0.2, 0.25) is 0 Å². The number of nitrogens with zero attached hydrogens (tertiary/aromatic N) is 3. The number of anilines is 1.